The molecular weight excluding hydrogens is 224 g/mol. The predicted molar refractivity (Wildman–Crippen MR) is 58.8 cm³/mol. The van der Waals surface area contributed by atoms with E-state index in [-0.39, 0.29) is 24.3 Å². The molecule has 2 rings (SSSR count). The summed E-state index contributed by atoms with van der Waals surface area (Å²) in [5.74, 6) is -0.201. The van der Waals surface area contributed by atoms with Crippen molar-refractivity contribution in [2.75, 3.05) is 6.54 Å². The number of nitrogens with one attached hydrogen (secondary N) is 1. The van der Waals surface area contributed by atoms with E-state index in [1.807, 2.05) is 6.92 Å². The van der Waals surface area contributed by atoms with E-state index in [1.54, 1.807) is 6.07 Å². The van der Waals surface area contributed by atoms with Gasteiger partial charge in [0, 0.05) is 11.6 Å². The van der Waals surface area contributed by atoms with Gasteiger partial charge in [-0.25, -0.2) is 4.39 Å². The molecule has 1 aromatic rings. The van der Waals surface area contributed by atoms with Crippen LogP contribution in [0.25, 0.3) is 0 Å². The third kappa shape index (κ3) is 1.88. The van der Waals surface area contributed by atoms with E-state index in [1.165, 1.54) is 6.07 Å². The second-order valence-corrected chi connectivity index (χ2v) is 3.77. The van der Waals surface area contributed by atoms with Gasteiger partial charge in [0.05, 0.1) is 5.02 Å². The van der Waals surface area contributed by atoms with Gasteiger partial charge in [-0.15, -0.1) is 12.4 Å². The number of halogens is 3. The summed E-state index contributed by atoms with van der Waals surface area (Å²) in [5, 5.41) is 3.71. The Morgan fingerprint density at radius 2 is 2.14 bits per heavy atom. The van der Waals surface area contributed by atoms with Gasteiger partial charge in [-0.2, -0.15) is 0 Å². The molecule has 0 saturated carbocycles. The van der Waals surface area contributed by atoms with E-state index in [0.717, 1.165) is 18.5 Å². The quantitative estimate of drug-likeness (QED) is 0.789. The zero-order valence-corrected chi connectivity index (χ0v) is 9.38. The molecule has 1 fully saturated rings. The molecule has 14 heavy (non-hydrogen) atoms. The number of rotatable bonds is 1. The van der Waals surface area contributed by atoms with Crippen molar-refractivity contribution >= 4 is 24.0 Å². The Kier molecular flexibility index (Phi) is 3.76. The molecule has 1 saturated heterocycles. The predicted octanol–water partition coefficient (Wildman–Crippen LogP) is 3.24. The Bertz CT molecular complexity index is 337. The lowest BCUT2D eigenvalue weighted by atomic mass is 9.96. The summed E-state index contributed by atoms with van der Waals surface area (Å²) in [6.07, 6.45) is 0.972. The molecule has 1 nitrogen and oxygen atoms in total. The van der Waals surface area contributed by atoms with Crippen molar-refractivity contribution in [1.29, 1.82) is 0 Å². The normalized spacial score (nSPS) is 19.8. The number of hydrogen-bond acceptors (Lipinski definition) is 1. The highest BCUT2D eigenvalue weighted by atomic mass is 35.5. The fourth-order valence-electron chi connectivity index (χ4n) is 1.53. The summed E-state index contributed by atoms with van der Waals surface area (Å²) in [6, 6.07) is 3.31. The van der Waals surface area contributed by atoms with Crippen LogP contribution in [0.2, 0.25) is 5.02 Å². The SMILES string of the molecule is Cc1ccc(F)c([C@H]2CCN2)c1Cl.Cl. The van der Waals surface area contributed by atoms with Gasteiger partial charge in [0.2, 0.25) is 0 Å². The molecule has 0 radical (unpaired) electrons. The molecule has 78 valence electrons. The van der Waals surface area contributed by atoms with Crippen LogP contribution >= 0.6 is 24.0 Å². The Hall–Kier alpha value is -0.310. The molecule has 0 aliphatic carbocycles. The van der Waals surface area contributed by atoms with Gasteiger partial charge >= 0.3 is 0 Å². The van der Waals surface area contributed by atoms with Crippen molar-refractivity contribution in [2.45, 2.75) is 19.4 Å². The molecule has 0 bridgehead atoms. The van der Waals surface area contributed by atoms with Crippen LogP contribution in [0.5, 0.6) is 0 Å². The maximum absolute atomic E-state index is 13.4. The molecule has 1 aliphatic rings. The number of benzene rings is 1. The van der Waals surface area contributed by atoms with Crippen molar-refractivity contribution in [1.82, 2.24) is 5.32 Å². The van der Waals surface area contributed by atoms with Gasteiger partial charge in [0.1, 0.15) is 5.82 Å². The Labute approximate surface area is 94.1 Å². The van der Waals surface area contributed by atoms with Crippen LogP contribution in [0.4, 0.5) is 4.39 Å². The summed E-state index contributed by atoms with van der Waals surface area (Å²) < 4.78 is 13.4. The van der Waals surface area contributed by atoms with Crippen LogP contribution in [0.1, 0.15) is 23.6 Å². The molecule has 1 aliphatic heterocycles. The minimum Gasteiger partial charge on any atom is -0.310 e. The topological polar surface area (TPSA) is 12.0 Å². The molecule has 4 heteroatoms. The van der Waals surface area contributed by atoms with Gasteiger partial charge in [-0.05, 0) is 31.5 Å². The minimum atomic E-state index is -0.201. The molecule has 1 atom stereocenters. The Balaban J connectivity index is 0.000000980. The van der Waals surface area contributed by atoms with Crippen LogP contribution in [0.15, 0.2) is 12.1 Å². The fourth-order valence-corrected chi connectivity index (χ4v) is 1.82. The first kappa shape index (κ1) is 11.8. The zero-order valence-electron chi connectivity index (χ0n) is 7.81. The second kappa shape index (κ2) is 4.47. The number of hydrogen-bond donors (Lipinski definition) is 1. The molecule has 0 spiro atoms. The maximum atomic E-state index is 13.4. The molecule has 1 heterocycles. The molecule has 0 aromatic heterocycles. The van der Waals surface area contributed by atoms with E-state index >= 15 is 0 Å². The first-order valence-electron chi connectivity index (χ1n) is 4.38. The monoisotopic (exact) mass is 235 g/mol. The van der Waals surface area contributed by atoms with E-state index in [0.29, 0.717) is 10.6 Å². The van der Waals surface area contributed by atoms with Crippen LogP contribution in [0, 0.1) is 12.7 Å². The zero-order chi connectivity index (χ0) is 9.42. The van der Waals surface area contributed by atoms with Gasteiger partial charge in [-0.1, -0.05) is 17.7 Å². The summed E-state index contributed by atoms with van der Waals surface area (Å²) in [6.45, 7) is 2.85. The summed E-state index contributed by atoms with van der Waals surface area (Å²) >= 11 is 6.03. The summed E-state index contributed by atoms with van der Waals surface area (Å²) in [4.78, 5) is 0. The molecule has 0 unspecified atom stereocenters. The number of aryl methyl sites for hydroxylation is 1. The van der Waals surface area contributed by atoms with Gasteiger partial charge in [0.15, 0.2) is 0 Å². The van der Waals surface area contributed by atoms with Gasteiger partial charge in [-0.3, -0.25) is 0 Å². The highest BCUT2D eigenvalue weighted by molar-refractivity contribution is 6.32. The smallest absolute Gasteiger partial charge is 0.129 e. The average molecular weight is 236 g/mol. The highest BCUT2D eigenvalue weighted by Crippen LogP contribution is 2.33. The molecular formula is C10H12Cl2FN. The van der Waals surface area contributed by atoms with E-state index in [2.05, 4.69) is 5.32 Å². The van der Waals surface area contributed by atoms with Gasteiger partial charge < -0.3 is 5.32 Å². The summed E-state index contributed by atoms with van der Waals surface area (Å²) in [5.41, 5.74) is 1.57. The van der Waals surface area contributed by atoms with Crippen molar-refractivity contribution in [2.24, 2.45) is 0 Å². The van der Waals surface area contributed by atoms with Crippen molar-refractivity contribution in [3.63, 3.8) is 0 Å². The lowest BCUT2D eigenvalue weighted by molar-refractivity contribution is 0.370. The van der Waals surface area contributed by atoms with E-state index in [9.17, 15) is 4.39 Å². The Morgan fingerprint density at radius 3 is 2.64 bits per heavy atom. The van der Waals surface area contributed by atoms with E-state index in [4.69, 9.17) is 11.6 Å². The van der Waals surface area contributed by atoms with Crippen molar-refractivity contribution < 1.29 is 4.39 Å². The molecule has 1 aromatic carbocycles. The first-order chi connectivity index (χ1) is 6.20. The van der Waals surface area contributed by atoms with E-state index < -0.39 is 0 Å². The average Bonchev–Trinajstić information content (AvgIpc) is 2.02. The molecule has 0 amide bonds. The third-order valence-electron chi connectivity index (χ3n) is 2.49. The van der Waals surface area contributed by atoms with Crippen LogP contribution in [-0.4, -0.2) is 6.54 Å². The largest absolute Gasteiger partial charge is 0.310 e. The van der Waals surface area contributed by atoms with Crippen LogP contribution in [-0.2, 0) is 0 Å². The minimum absolute atomic E-state index is 0. The summed E-state index contributed by atoms with van der Waals surface area (Å²) in [7, 11) is 0. The molecule has 1 N–H and O–H groups in total. The van der Waals surface area contributed by atoms with Gasteiger partial charge in [0.25, 0.3) is 0 Å². The Morgan fingerprint density at radius 1 is 1.50 bits per heavy atom. The third-order valence-corrected chi connectivity index (χ3v) is 2.99. The van der Waals surface area contributed by atoms with Crippen LogP contribution in [0.3, 0.4) is 0 Å². The van der Waals surface area contributed by atoms with Crippen LogP contribution < -0.4 is 5.32 Å². The highest BCUT2D eigenvalue weighted by Gasteiger charge is 2.24. The lowest BCUT2D eigenvalue weighted by Crippen LogP contribution is -2.35. The first-order valence-corrected chi connectivity index (χ1v) is 4.76. The second-order valence-electron chi connectivity index (χ2n) is 3.39. The fraction of sp³-hybridized carbons (Fsp3) is 0.400. The van der Waals surface area contributed by atoms with Crippen molar-refractivity contribution in [3.05, 3.63) is 34.1 Å². The standard InChI is InChI=1S/C10H11ClFN.ClH/c1-6-2-3-7(12)9(10(6)11)8-4-5-13-8;/h2-3,8,13H,4-5H2,1H3;1H/t8-;/m1./s1. The maximum Gasteiger partial charge on any atom is 0.129 e. The lowest BCUT2D eigenvalue weighted by Gasteiger charge is -2.29. The van der Waals surface area contributed by atoms with Crippen molar-refractivity contribution in [3.8, 4) is 0 Å².